The maximum atomic E-state index is 11.6. The summed E-state index contributed by atoms with van der Waals surface area (Å²) in [5.41, 5.74) is 4.06. The molecule has 0 saturated carbocycles. The summed E-state index contributed by atoms with van der Waals surface area (Å²) in [6, 6.07) is 20.7. The number of hydrogen-bond donors (Lipinski definition) is 0. The number of ether oxygens (including phenoxy) is 2. The lowest BCUT2D eigenvalue weighted by Crippen LogP contribution is -2.07. The summed E-state index contributed by atoms with van der Waals surface area (Å²) in [7, 11) is 2.72. The van der Waals surface area contributed by atoms with Crippen molar-refractivity contribution in [3.05, 3.63) is 122 Å². The predicted octanol–water partition coefficient (Wildman–Crippen LogP) is 6.24. The van der Waals surface area contributed by atoms with Crippen molar-refractivity contribution in [3.8, 4) is 0 Å². The Balaban J connectivity index is 0.000000214. The number of esters is 2. The summed E-state index contributed by atoms with van der Waals surface area (Å²) in [5.74, 6) is -0.727. The zero-order valence-electron chi connectivity index (χ0n) is 20.0. The van der Waals surface area contributed by atoms with E-state index >= 15 is 0 Å². The Kier molecular flexibility index (Phi) is 12.4. The fourth-order valence-electron chi connectivity index (χ4n) is 2.76. The van der Waals surface area contributed by atoms with Gasteiger partial charge in [-0.25, -0.2) is 19.6 Å². The lowest BCUT2D eigenvalue weighted by atomic mass is 10.0. The molecule has 0 aliphatic heterocycles. The molecule has 0 N–H and O–H groups in total. The van der Waals surface area contributed by atoms with Gasteiger partial charge in [0.15, 0.2) is 0 Å². The van der Waals surface area contributed by atoms with Crippen molar-refractivity contribution in [1.29, 1.82) is 0 Å². The minimum absolute atomic E-state index is 0.342. The smallest absolute Gasteiger partial charge is 0.340 e. The van der Waals surface area contributed by atoms with Gasteiger partial charge in [-0.15, -0.1) is 0 Å². The number of hydrogen-bond acceptors (Lipinski definition) is 7. The maximum Gasteiger partial charge on any atom is 0.340 e. The van der Waals surface area contributed by atoms with E-state index in [0.717, 1.165) is 15.9 Å². The molecular formula is C27H25Br2N3O4. The molecule has 4 aromatic rings. The van der Waals surface area contributed by atoms with Gasteiger partial charge in [0.05, 0.1) is 31.0 Å². The summed E-state index contributed by atoms with van der Waals surface area (Å²) in [4.78, 5) is 34.6. The summed E-state index contributed by atoms with van der Waals surface area (Å²) < 4.78 is 10.7. The predicted molar refractivity (Wildman–Crippen MR) is 145 cm³/mol. The van der Waals surface area contributed by atoms with E-state index in [1.807, 2.05) is 37.3 Å². The highest BCUT2D eigenvalue weighted by atomic mass is 79.9. The molecule has 0 bridgehead atoms. The molecule has 0 atom stereocenters. The Bertz CT molecular complexity index is 1250. The van der Waals surface area contributed by atoms with Crippen LogP contribution in [0.25, 0.3) is 0 Å². The van der Waals surface area contributed by atoms with Crippen molar-refractivity contribution >= 4 is 43.8 Å². The molecular weight excluding hydrogens is 590 g/mol. The van der Waals surface area contributed by atoms with Gasteiger partial charge in [-0.05, 0) is 80.7 Å². The van der Waals surface area contributed by atoms with E-state index in [1.54, 1.807) is 42.9 Å². The highest BCUT2D eigenvalue weighted by Crippen LogP contribution is 2.14. The van der Waals surface area contributed by atoms with Gasteiger partial charge in [0, 0.05) is 25.0 Å². The first-order chi connectivity index (χ1) is 17.3. The number of rotatable bonds is 4. The molecule has 0 aliphatic carbocycles. The third kappa shape index (κ3) is 9.67. The van der Waals surface area contributed by atoms with Crippen LogP contribution in [-0.2, 0) is 15.9 Å². The highest BCUT2D eigenvalue weighted by molar-refractivity contribution is 9.10. The molecule has 36 heavy (non-hydrogen) atoms. The van der Waals surface area contributed by atoms with Crippen LogP contribution >= 0.6 is 31.9 Å². The molecule has 0 saturated heterocycles. The van der Waals surface area contributed by atoms with Crippen LogP contribution in [0.15, 0.2) is 94.5 Å². The number of pyridine rings is 3. The summed E-state index contributed by atoms with van der Waals surface area (Å²) >= 11 is 6.33. The molecule has 0 spiro atoms. The van der Waals surface area contributed by atoms with Gasteiger partial charge < -0.3 is 9.47 Å². The molecule has 7 nitrogen and oxygen atoms in total. The van der Waals surface area contributed by atoms with Crippen molar-refractivity contribution in [2.45, 2.75) is 13.3 Å². The van der Waals surface area contributed by atoms with E-state index in [1.165, 1.54) is 19.8 Å². The van der Waals surface area contributed by atoms with Crippen molar-refractivity contribution < 1.29 is 19.1 Å². The van der Waals surface area contributed by atoms with Crippen LogP contribution in [0.3, 0.4) is 0 Å². The third-order valence-electron chi connectivity index (χ3n) is 4.58. The number of methoxy groups -OCH3 is 2. The first-order valence-electron chi connectivity index (χ1n) is 10.7. The van der Waals surface area contributed by atoms with Gasteiger partial charge in [0.1, 0.15) is 9.21 Å². The number of carbonyl (C=O) groups is 2. The molecule has 9 heteroatoms. The van der Waals surface area contributed by atoms with Crippen molar-refractivity contribution in [2.24, 2.45) is 0 Å². The van der Waals surface area contributed by atoms with Gasteiger partial charge in [-0.3, -0.25) is 4.98 Å². The monoisotopic (exact) mass is 613 g/mol. The second-order valence-electron chi connectivity index (χ2n) is 7.14. The molecule has 4 rings (SSSR count). The molecule has 0 radical (unpaired) electrons. The van der Waals surface area contributed by atoms with E-state index in [0.29, 0.717) is 22.2 Å². The van der Waals surface area contributed by atoms with Gasteiger partial charge in [-0.2, -0.15) is 0 Å². The normalized spacial score (nSPS) is 9.58. The lowest BCUT2D eigenvalue weighted by molar-refractivity contribution is 0.0590. The van der Waals surface area contributed by atoms with Gasteiger partial charge in [0.25, 0.3) is 0 Å². The molecule has 186 valence electrons. The van der Waals surface area contributed by atoms with Crippen molar-refractivity contribution in [1.82, 2.24) is 15.0 Å². The second kappa shape index (κ2) is 15.5. The van der Waals surface area contributed by atoms with E-state index in [2.05, 4.69) is 63.7 Å². The number of nitrogens with zero attached hydrogens (tertiary/aromatic N) is 3. The minimum Gasteiger partial charge on any atom is -0.465 e. The van der Waals surface area contributed by atoms with Crippen molar-refractivity contribution in [2.75, 3.05) is 14.2 Å². The van der Waals surface area contributed by atoms with Gasteiger partial charge in [-0.1, -0.05) is 35.9 Å². The standard InChI is InChI=1S/C15H15NO2.C7H6BrNO2.C5H4BrN/c1-11-5-7-12(8-6-11)10-14-13(15(17)18-2)4-3-9-16-14;1-11-7(10)5-3-2-4-9-6(5)8;6-5-3-1-2-4-7-5/h3-9H,10H2,1-2H3;2-4H,1H3;1-4H. The SMILES string of the molecule is Brc1ccccn1.COC(=O)c1cccnc1Br.COC(=O)c1cccnc1Cc1ccc(C)cc1. The Morgan fingerprint density at radius 1 is 0.722 bits per heavy atom. The molecule has 0 amide bonds. The fourth-order valence-corrected chi connectivity index (χ4v) is 3.45. The quantitative estimate of drug-likeness (QED) is 0.198. The second-order valence-corrected chi connectivity index (χ2v) is 8.70. The van der Waals surface area contributed by atoms with Crippen LogP contribution in [0.1, 0.15) is 37.5 Å². The Morgan fingerprint density at radius 3 is 1.83 bits per heavy atom. The number of aryl methyl sites for hydroxylation is 1. The maximum absolute atomic E-state index is 11.6. The van der Waals surface area contributed by atoms with E-state index in [9.17, 15) is 9.59 Å². The van der Waals surface area contributed by atoms with Gasteiger partial charge >= 0.3 is 11.9 Å². The number of carbonyl (C=O) groups excluding carboxylic acids is 2. The van der Waals surface area contributed by atoms with Crippen LogP contribution in [0.4, 0.5) is 0 Å². The lowest BCUT2D eigenvalue weighted by Gasteiger charge is -2.07. The highest BCUT2D eigenvalue weighted by Gasteiger charge is 2.12. The number of benzene rings is 1. The summed E-state index contributed by atoms with van der Waals surface area (Å²) in [6.07, 6.45) is 5.65. The van der Waals surface area contributed by atoms with E-state index in [-0.39, 0.29) is 11.9 Å². The summed E-state index contributed by atoms with van der Waals surface area (Å²) in [6.45, 7) is 2.05. The van der Waals surface area contributed by atoms with Crippen LogP contribution in [0.2, 0.25) is 0 Å². The topological polar surface area (TPSA) is 91.3 Å². The first kappa shape index (κ1) is 28.8. The summed E-state index contributed by atoms with van der Waals surface area (Å²) in [5, 5.41) is 0. The average Bonchev–Trinajstić information content (AvgIpc) is 2.91. The molecule has 0 aliphatic rings. The zero-order chi connectivity index (χ0) is 26.3. The third-order valence-corrected chi connectivity index (χ3v) is 5.68. The number of halogens is 2. The molecule has 0 unspecified atom stereocenters. The average molecular weight is 615 g/mol. The van der Waals surface area contributed by atoms with E-state index < -0.39 is 0 Å². The Labute approximate surface area is 227 Å². The van der Waals surface area contributed by atoms with Crippen LogP contribution < -0.4 is 0 Å². The first-order valence-corrected chi connectivity index (χ1v) is 12.3. The number of aromatic nitrogens is 3. The largest absolute Gasteiger partial charge is 0.465 e. The van der Waals surface area contributed by atoms with Crippen LogP contribution in [0, 0.1) is 6.92 Å². The Hall–Kier alpha value is -3.43. The van der Waals surface area contributed by atoms with Crippen molar-refractivity contribution in [3.63, 3.8) is 0 Å². The molecule has 3 heterocycles. The molecule has 0 fully saturated rings. The van der Waals surface area contributed by atoms with Gasteiger partial charge in [0.2, 0.25) is 0 Å². The minimum atomic E-state index is -0.384. The van der Waals surface area contributed by atoms with Crippen LogP contribution in [0.5, 0.6) is 0 Å². The fraction of sp³-hybridized carbons (Fsp3) is 0.148. The Morgan fingerprint density at radius 2 is 1.31 bits per heavy atom. The zero-order valence-corrected chi connectivity index (χ0v) is 23.2. The molecule has 3 aromatic heterocycles. The molecule has 1 aromatic carbocycles. The van der Waals surface area contributed by atoms with Crippen LogP contribution in [-0.4, -0.2) is 41.1 Å². The van der Waals surface area contributed by atoms with E-state index in [4.69, 9.17) is 4.74 Å².